The van der Waals surface area contributed by atoms with Gasteiger partial charge in [0.1, 0.15) is 5.82 Å². The summed E-state index contributed by atoms with van der Waals surface area (Å²) >= 11 is 0. The topological polar surface area (TPSA) is 41.1 Å². The van der Waals surface area contributed by atoms with Crippen LogP contribution in [0.15, 0.2) is 18.2 Å². The van der Waals surface area contributed by atoms with E-state index in [1.54, 1.807) is 12.1 Å². The zero-order chi connectivity index (χ0) is 14.1. The Morgan fingerprint density at radius 1 is 1.21 bits per heavy atom. The molecule has 106 valence electrons. The number of rotatable bonds is 8. The molecule has 0 aliphatic heterocycles. The fraction of sp³-hybridized carbons (Fsp3) is 0.533. The van der Waals surface area contributed by atoms with Gasteiger partial charge < -0.3 is 10.6 Å². The van der Waals surface area contributed by atoms with E-state index in [9.17, 15) is 9.18 Å². The largest absolute Gasteiger partial charge is 0.385 e. The van der Waals surface area contributed by atoms with E-state index in [-0.39, 0.29) is 11.6 Å². The number of carbonyl (C=O) groups is 1. The van der Waals surface area contributed by atoms with Crippen LogP contribution < -0.4 is 10.6 Å². The Kier molecular flexibility index (Phi) is 6.93. The number of hydrogen-bond donors (Lipinski definition) is 2. The van der Waals surface area contributed by atoms with Crippen molar-refractivity contribution in [2.75, 3.05) is 17.2 Å². The highest BCUT2D eigenvalue weighted by Crippen LogP contribution is 2.19. The zero-order valence-corrected chi connectivity index (χ0v) is 11.8. The predicted molar refractivity (Wildman–Crippen MR) is 78.0 cm³/mol. The number of benzene rings is 1. The average molecular weight is 266 g/mol. The van der Waals surface area contributed by atoms with E-state index in [2.05, 4.69) is 17.6 Å². The Hall–Kier alpha value is -1.58. The molecule has 0 aliphatic rings. The summed E-state index contributed by atoms with van der Waals surface area (Å²) < 4.78 is 13.4. The van der Waals surface area contributed by atoms with Crippen LogP contribution in [-0.4, -0.2) is 12.5 Å². The molecule has 0 bridgehead atoms. The summed E-state index contributed by atoms with van der Waals surface area (Å²) in [5.74, 6) is -0.681. The molecule has 3 nitrogen and oxygen atoms in total. The Morgan fingerprint density at radius 2 is 1.95 bits per heavy atom. The van der Waals surface area contributed by atoms with Crippen LogP contribution in [0.25, 0.3) is 0 Å². The molecule has 0 unspecified atom stereocenters. The smallest absolute Gasteiger partial charge is 0.221 e. The van der Waals surface area contributed by atoms with Gasteiger partial charge in [-0.1, -0.05) is 32.6 Å². The van der Waals surface area contributed by atoms with E-state index < -0.39 is 5.82 Å². The van der Waals surface area contributed by atoms with Crippen molar-refractivity contribution < 1.29 is 9.18 Å². The molecule has 0 radical (unpaired) electrons. The van der Waals surface area contributed by atoms with Crippen molar-refractivity contribution >= 4 is 17.3 Å². The van der Waals surface area contributed by atoms with Gasteiger partial charge in [0.2, 0.25) is 5.91 Å². The molecule has 0 aromatic heterocycles. The summed E-state index contributed by atoms with van der Waals surface area (Å²) in [6.45, 7) is 4.43. The van der Waals surface area contributed by atoms with Crippen LogP contribution in [0.5, 0.6) is 0 Å². The highest BCUT2D eigenvalue weighted by Gasteiger charge is 2.04. The fourth-order valence-electron chi connectivity index (χ4n) is 1.88. The maximum Gasteiger partial charge on any atom is 0.221 e. The molecule has 0 atom stereocenters. The third-order valence-electron chi connectivity index (χ3n) is 2.89. The molecule has 0 aliphatic carbocycles. The van der Waals surface area contributed by atoms with Gasteiger partial charge in [-0.3, -0.25) is 4.79 Å². The van der Waals surface area contributed by atoms with Gasteiger partial charge in [0.05, 0.1) is 5.69 Å². The summed E-state index contributed by atoms with van der Waals surface area (Å²) in [5.41, 5.74) is 1.06. The molecule has 0 heterocycles. The van der Waals surface area contributed by atoms with Crippen molar-refractivity contribution in [1.82, 2.24) is 0 Å². The van der Waals surface area contributed by atoms with Crippen LogP contribution in [0.2, 0.25) is 0 Å². The first-order chi connectivity index (χ1) is 9.13. The maximum absolute atomic E-state index is 13.4. The number of unbranched alkanes of at least 4 members (excludes halogenated alkanes) is 4. The molecule has 19 heavy (non-hydrogen) atoms. The average Bonchev–Trinajstić information content (AvgIpc) is 2.37. The number of amides is 1. The predicted octanol–water partition coefficient (Wildman–Crippen LogP) is 4.17. The van der Waals surface area contributed by atoms with Crippen LogP contribution in [0.1, 0.15) is 46.0 Å². The second kappa shape index (κ2) is 8.51. The number of halogens is 1. The standard InChI is InChI=1S/C15H23FN2O/c1-3-4-5-6-7-10-17-13-8-9-14(16)15(11-13)18-12(2)19/h8-9,11,17H,3-7,10H2,1-2H3,(H,18,19). The summed E-state index contributed by atoms with van der Waals surface area (Å²) in [5, 5.41) is 5.72. The summed E-state index contributed by atoms with van der Waals surface area (Å²) in [4.78, 5) is 10.9. The third kappa shape index (κ3) is 6.22. The summed E-state index contributed by atoms with van der Waals surface area (Å²) in [6, 6.07) is 4.68. The van der Waals surface area contributed by atoms with Gasteiger partial charge in [-0.2, -0.15) is 0 Å². The van der Waals surface area contributed by atoms with Crippen molar-refractivity contribution in [2.24, 2.45) is 0 Å². The molecule has 0 saturated carbocycles. The van der Waals surface area contributed by atoms with E-state index in [0.717, 1.165) is 18.7 Å². The first-order valence-electron chi connectivity index (χ1n) is 6.94. The lowest BCUT2D eigenvalue weighted by Gasteiger charge is -2.09. The molecule has 1 aromatic rings. The molecule has 4 heteroatoms. The normalized spacial score (nSPS) is 10.3. The van der Waals surface area contributed by atoms with E-state index >= 15 is 0 Å². The zero-order valence-electron chi connectivity index (χ0n) is 11.8. The first kappa shape index (κ1) is 15.5. The lowest BCUT2D eigenvalue weighted by atomic mass is 10.1. The van der Waals surface area contributed by atoms with Gasteiger partial charge in [0.25, 0.3) is 0 Å². The molecule has 2 N–H and O–H groups in total. The van der Waals surface area contributed by atoms with Crippen molar-refractivity contribution in [3.05, 3.63) is 24.0 Å². The maximum atomic E-state index is 13.4. The number of anilines is 2. The minimum atomic E-state index is -0.413. The highest BCUT2D eigenvalue weighted by molar-refractivity contribution is 5.89. The highest BCUT2D eigenvalue weighted by atomic mass is 19.1. The minimum absolute atomic E-state index is 0.225. The molecule has 1 aromatic carbocycles. The number of nitrogens with one attached hydrogen (secondary N) is 2. The number of carbonyl (C=O) groups excluding carboxylic acids is 1. The first-order valence-corrected chi connectivity index (χ1v) is 6.94. The van der Waals surface area contributed by atoms with E-state index in [1.807, 2.05) is 0 Å². The Bertz CT molecular complexity index is 407. The van der Waals surface area contributed by atoms with E-state index in [0.29, 0.717) is 0 Å². The molecule has 0 fully saturated rings. The SMILES string of the molecule is CCCCCCCNc1ccc(F)c(NC(C)=O)c1. The van der Waals surface area contributed by atoms with Crippen molar-refractivity contribution in [3.8, 4) is 0 Å². The second-order valence-corrected chi connectivity index (χ2v) is 4.72. The third-order valence-corrected chi connectivity index (χ3v) is 2.89. The molecular formula is C15H23FN2O. The molecule has 1 amide bonds. The minimum Gasteiger partial charge on any atom is -0.385 e. The molecule has 0 spiro atoms. The molecule has 0 saturated heterocycles. The van der Waals surface area contributed by atoms with Crippen molar-refractivity contribution in [1.29, 1.82) is 0 Å². The number of hydrogen-bond acceptors (Lipinski definition) is 2. The summed E-state index contributed by atoms with van der Waals surface area (Å²) in [7, 11) is 0. The van der Waals surface area contributed by atoms with E-state index in [4.69, 9.17) is 0 Å². The van der Waals surface area contributed by atoms with Crippen LogP contribution in [-0.2, 0) is 4.79 Å². The molecule has 1 rings (SSSR count). The summed E-state index contributed by atoms with van der Waals surface area (Å²) in [6.07, 6.45) is 6.10. The monoisotopic (exact) mass is 266 g/mol. The van der Waals surface area contributed by atoms with E-state index in [1.165, 1.54) is 38.7 Å². The Morgan fingerprint density at radius 3 is 2.63 bits per heavy atom. The van der Waals surface area contributed by atoms with Crippen molar-refractivity contribution in [3.63, 3.8) is 0 Å². The van der Waals surface area contributed by atoms with Crippen LogP contribution >= 0.6 is 0 Å². The van der Waals surface area contributed by atoms with Gasteiger partial charge in [0, 0.05) is 19.2 Å². The molecular weight excluding hydrogens is 243 g/mol. The van der Waals surface area contributed by atoms with Crippen LogP contribution in [0, 0.1) is 5.82 Å². The Balaban J connectivity index is 2.39. The quantitative estimate of drug-likeness (QED) is 0.693. The lowest BCUT2D eigenvalue weighted by molar-refractivity contribution is -0.114. The Labute approximate surface area is 114 Å². The lowest BCUT2D eigenvalue weighted by Crippen LogP contribution is -2.08. The van der Waals surface area contributed by atoms with Gasteiger partial charge in [-0.05, 0) is 24.6 Å². The van der Waals surface area contributed by atoms with Gasteiger partial charge in [-0.15, -0.1) is 0 Å². The van der Waals surface area contributed by atoms with Gasteiger partial charge in [0.15, 0.2) is 0 Å². The van der Waals surface area contributed by atoms with Gasteiger partial charge in [-0.25, -0.2) is 4.39 Å². The van der Waals surface area contributed by atoms with Gasteiger partial charge >= 0.3 is 0 Å². The van der Waals surface area contributed by atoms with Crippen LogP contribution in [0.3, 0.4) is 0 Å². The second-order valence-electron chi connectivity index (χ2n) is 4.72. The van der Waals surface area contributed by atoms with Crippen molar-refractivity contribution in [2.45, 2.75) is 46.0 Å². The fourth-order valence-corrected chi connectivity index (χ4v) is 1.88. The van der Waals surface area contributed by atoms with Crippen LogP contribution in [0.4, 0.5) is 15.8 Å².